The van der Waals surface area contributed by atoms with Crippen molar-refractivity contribution in [2.45, 2.75) is 20.3 Å². The second-order valence-corrected chi connectivity index (χ2v) is 2.76. The lowest BCUT2D eigenvalue weighted by Crippen LogP contribution is -2.29. The number of hydrogen-bond acceptors (Lipinski definition) is 3. The van der Waals surface area contributed by atoms with Crippen LogP contribution in [0, 0.1) is 0 Å². The molecule has 13 heavy (non-hydrogen) atoms. The molecule has 0 aromatic rings. The summed E-state index contributed by atoms with van der Waals surface area (Å²) in [6, 6.07) is 0. The highest BCUT2D eigenvalue weighted by atomic mass is 16.5. The van der Waals surface area contributed by atoms with Gasteiger partial charge in [0.25, 0.3) is 0 Å². The summed E-state index contributed by atoms with van der Waals surface area (Å²) in [4.78, 5) is 11.0. The Labute approximate surface area is 80.0 Å². The van der Waals surface area contributed by atoms with E-state index >= 15 is 0 Å². The van der Waals surface area contributed by atoms with Gasteiger partial charge in [0.05, 0.1) is 6.61 Å². The molecule has 2 N–H and O–H groups in total. The molecule has 0 unspecified atom stereocenters. The summed E-state index contributed by atoms with van der Waals surface area (Å²) in [7, 11) is 0. The summed E-state index contributed by atoms with van der Waals surface area (Å²) in [5.74, 6) is -0.0293. The maximum Gasteiger partial charge on any atom is 0.245 e. The van der Waals surface area contributed by atoms with E-state index in [-0.39, 0.29) is 12.5 Å². The second kappa shape index (κ2) is 9.48. The lowest BCUT2D eigenvalue weighted by Gasteiger charge is -2.05. The second-order valence-electron chi connectivity index (χ2n) is 2.76. The summed E-state index contributed by atoms with van der Waals surface area (Å²) >= 11 is 0. The minimum absolute atomic E-state index is 0.0293. The predicted molar refractivity (Wildman–Crippen MR) is 52.7 cm³/mol. The van der Waals surface area contributed by atoms with E-state index in [1.807, 2.05) is 13.8 Å². The molecule has 1 amide bonds. The summed E-state index contributed by atoms with van der Waals surface area (Å²) in [5.41, 5.74) is 0. The molecular weight excluding hydrogens is 168 g/mol. The van der Waals surface area contributed by atoms with Crippen LogP contribution in [0.5, 0.6) is 0 Å². The Kier molecular flexibility index (Phi) is 9.03. The molecule has 0 spiro atoms. The third-order valence-electron chi connectivity index (χ3n) is 1.48. The van der Waals surface area contributed by atoms with Crippen molar-refractivity contribution >= 4 is 5.91 Å². The number of carbonyl (C=O) groups is 1. The van der Waals surface area contributed by atoms with Crippen LogP contribution >= 0.6 is 0 Å². The zero-order valence-electron chi connectivity index (χ0n) is 8.56. The molecular formula is C9H20N2O2. The standard InChI is InChI=1S/C9H20N2O2/c1-3-5-11-9(12)8-13-7-6-10-4-2/h10H,3-8H2,1-2H3,(H,11,12). The SMILES string of the molecule is CCCNC(=O)COCCNCC. The van der Waals surface area contributed by atoms with Crippen LogP contribution in [0.4, 0.5) is 0 Å². The zero-order chi connectivity index (χ0) is 9.94. The molecule has 0 aliphatic carbocycles. The molecule has 4 heteroatoms. The quantitative estimate of drug-likeness (QED) is 0.533. The van der Waals surface area contributed by atoms with Gasteiger partial charge >= 0.3 is 0 Å². The van der Waals surface area contributed by atoms with Crippen molar-refractivity contribution in [2.75, 3.05) is 32.8 Å². The topological polar surface area (TPSA) is 50.4 Å². The van der Waals surface area contributed by atoms with Crippen molar-refractivity contribution in [3.63, 3.8) is 0 Å². The maximum atomic E-state index is 11.0. The van der Waals surface area contributed by atoms with Crippen LogP contribution in [0.3, 0.4) is 0 Å². The van der Waals surface area contributed by atoms with Gasteiger partial charge in [-0.1, -0.05) is 13.8 Å². The Bertz CT molecular complexity index is 129. The highest BCUT2D eigenvalue weighted by Gasteiger charge is 1.98. The number of ether oxygens (including phenoxy) is 1. The minimum atomic E-state index is -0.0293. The van der Waals surface area contributed by atoms with E-state index < -0.39 is 0 Å². The number of rotatable bonds is 8. The van der Waals surface area contributed by atoms with E-state index in [0.29, 0.717) is 6.61 Å². The van der Waals surface area contributed by atoms with Gasteiger partial charge in [-0.05, 0) is 13.0 Å². The first-order valence-electron chi connectivity index (χ1n) is 4.86. The third-order valence-corrected chi connectivity index (χ3v) is 1.48. The first-order chi connectivity index (χ1) is 6.31. The fourth-order valence-electron chi connectivity index (χ4n) is 0.801. The maximum absolute atomic E-state index is 11.0. The number of nitrogens with one attached hydrogen (secondary N) is 2. The molecule has 0 rings (SSSR count). The van der Waals surface area contributed by atoms with Crippen molar-refractivity contribution in [2.24, 2.45) is 0 Å². The van der Waals surface area contributed by atoms with Crippen LogP contribution in [-0.2, 0) is 9.53 Å². The van der Waals surface area contributed by atoms with Gasteiger partial charge in [0.2, 0.25) is 5.91 Å². The molecule has 0 saturated carbocycles. The smallest absolute Gasteiger partial charge is 0.245 e. The monoisotopic (exact) mass is 188 g/mol. The molecule has 0 atom stereocenters. The molecule has 0 bridgehead atoms. The van der Waals surface area contributed by atoms with Crippen LogP contribution in [0.15, 0.2) is 0 Å². The van der Waals surface area contributed by atoms with Crippen molar-refractivity contribution in [3.05, 3.63) is 0 Å². The summed E-state index contributed by atoms with van der Waals surface area (Å²) in [6.07, 6.45) is 0.961. The van der Waals surface area contributed by atoms with E-state index in [0.717, 1.165) is 26.1 Å². The Balaban J connectivity index is 3.08. The lowest BCUT2D eigenvalue weighted by atomic mass is 10.5. The van der Waals surface area contributed by atoms with Crippen LogP contribution in [-0.4, -0.2) is 38.8 Å². The molecule has 0 heterocycles. The summed E-state index contributed by atoms with van der Waals surface area (Å²) < 4.78 is 5.12. The fourth-order valence-corrected chi connectivity index (χ4v) is 0.801. The van der Waals surface area contributed by atoms with E-state index in [1.54, 1.807) is 0 Å². The van der Waals surface area contributed by atoms with Crippen LogP contribution in [0.1, 0.15) is 20.3 Å². The van der Waals surface area contributed by atoms with Gasteiger partial charge in [0.1, 0.15) is 6.61 Å². The van der Waals surface area contributed by atoms with E-state index in [4.69, 9.17) is 4.74 Å². The number of amides is 1. The van der Waals surface area contributed by atoms with E-state index in [9.17, 15) is 4.79 Å². The molecule has 0 aliphatic heterocycles. The Morgan fingerprint density at radius 1 is 1.31 bits per heavy atom. The molecule has 4 nitrogen and oxygen atoms in total. The summed E-state index contributed by atoms with van der Waals surface area (Å²) in [5, 5.41) is 5.85. The normalized spacial score (nSPS) is 10.0. The van der Waals surface area contributed by atoms with Crippen LogP contribution in [0.2, 0.25) is 0 Å². The van der Waals surface area contributed by atoms with Crippen molar-refractivity contribution in [1.82, 2.24) is 10.6 Å². The van der Waals surface area contributed by atoms with Crippen molar-refractivity contribution in [3.8, 4) is 0 Å². The first-order valence-corrected chi connectivity index (χ1v) is 4.86. The highest BCUT2D eigenvalue weighted by molar-refractivity contribution is 5.77. The van der Waals surface area contributed by atoms with E-state index in [2.05, 4.69) is 10.6 Å². The Morgan fingerprint density at radius 3 is 2.69 bits per heavy atom. The minimum Gasteiger partial charge on any atom is -0.370 e. The van der Waals surface area contributed by atoms with Gasteiger partial charge in [0.15, 0.2) is 0 Å². The van der Waals surface area contributed by atoms with Crippen LogP contribution in [0.25, 0.3) is 0 Å². The number of carbonyl (C=O) groups excluding carboxylic acids is 1. The summed E-state index contributed by atoms with van der Waals surface area (Å²) in [6.45, 7) is 7.29. The molecule has 0 fully saturated rings. The average molecular weight is 188 g/mol. The van der Waals surface area contributed by atoms with Gasteiger partial charge in [0, 0.05) is 13.1 Å². The zero-order valence-corrected chi connectivity index (χ0v) is 8.56. The average Bonchev–Trinajstić information content (AvgIpc) is 2.14. The number of likely N-dealkylation sites (N-methyl/N-ethyl adjacent to an activating group) is 1. The van der Waals surface area contributed by atoms with Crippen molar-refractivity contribution < 1.29 is 9.53 Å². The Morgan fingerprint density at radius 2 is 2.08 bits per heavy atom. The fraction of sp³-hybridized carbons (Fsp3) is 0.889. The molecule has 0 saturated heterocycles. The molecule has 0 radical (unpaired) electrons. The van der Waals surface area contributed by atoms with Gasteiger partial charge in [-0.2, -0.15) is 0 Å². The molecule has 0 aromatic heterocycles. The van der Waals surface area contributed by atoms with Crippen LogP contribution < -0.4 is 10.6 Å². The Hall–Kier alpha value is -0.610. The van der Waals surface area contributed by atoms with E-state index in [1.165, 1.54) is 0 Å². The highest BCUT2D eigenvalue weighted by Crippen LogP contribution is 1.76. The molecule has 78 valence electrons. The van der Waals surface area contributed by atoms with Gasteiger partial charge < -0.3 is 15.4 Å². The van der Waals surface area contributed by atoms with Gasteiger partial charge in [-0.3, -0.25) is 4.79 Å². The first kappa shape index (κ1) is 12.4. The predicted octanol–water partition coefficient (Wildman–Crippen LogP) is 0.139. The van der Waals surface area contributed by atoms with Gasteiger partial charge in [-0.15, -0.1) is 0 Å². The molecule has 0 aromatic carbocycles. The number of hydrogen-bond donors (Lipinski definition) is 2. The lowest BCUT2D eigenvalue weighted by molar-refractivity contribution is -0.125. The van der Waals surface area contributed by atoms with Crippen molar-refractivity contribution in [1.29, 1.82) is 0 Å². The third kappa shape index (κ3) is 9.30. The van der Waals surface area contributed by atoms with Gasteiger partial charge in [-0.25, -0.2) is 0 Å². The largest absolute Gasteiger partial charge is 0.370 e. The molecule has 0 aliphatic rings.